The molecule has 0 saturated carbocycles. The van der Waals surface area contributed by atoms with Crippen LogP contribution in [0.1, 0.15) is 0 Å². The van der Waals surface area contributed by atoms with Gasteiger partial charge in [-0.15, -0.1) is 0 Å². The summed E-state index contributed by atoms with van der Waals surface area (Å²) in [5.41, 5.74) is -0.0548. The molecule has 0 aliphatic carbocycles. The number of nitrogens with two attached hydrogens (primary N) is 1. The summed E-state index contributed by atoms with van der Waals surface area (Å²) in [5.74, 6) is -0.285. The molecule has 2 heterocycles. The smallest absolute Gasteiger partial charge is 0.240 e. The number of aromatic nitrogens is 2. The molecule has 0 bridgehead atoms. The molecule has 6 nitrogen and oxygen atoms in total. The van der Waals surface area contributed by atoms with Crippen molar-refractivity contribution in [2.75, 3.05) is 0 Å². The first-order valence-electron chi connectivity index (χ1n) is 4.82. The van der Waals surface area contributed by atoms with Gasteiger partial charge in [0.1, 0.15) is 22.0 Å². The summed E-state index contributed by atoms with van der Waals surface area (Å²) in [4.78, 5) is 7.56. The van der Waals surface area contributed by atoms with Crippen molar-refractivity contribution < 1.29 is 13.5 Å². The molecular weight excluding hydrogens is 358 g/mol. The predicted molar refractivity (Wildman–Crippen MR) is 73.2 cm³/mol. The molecule has 0 aliphatic rings. The maximum atomic E-state index is 11.5. The van der Waals surface area contributed by atoms with E-state index in [1.807, 2.05) is 0 Å². The SMILES string of the molecule is NS(=O)(=O)c1cc(Br)cnc1-c1ncc(Cl)cc1O. The molecule has 9 heteroatoms. The van der Waals surface area contributed by atoms with Crippen LogP contribution in [0.4, 0.5) is 0 Å². The van der Waals surface area contributed by atoms with Gasteiger partial charge in [0.05, 0.1) is 5.02 Å². The molecule has 0 saturated heterocycles. The van der Waals surface area contributed by atoms with Crippen LogP contribution in [0.25, 0.3) is 11.4 Å². The van der Waals surface area contributed by atoms with Crippen LogP contribution in [0.15, 0.2) is 33.9 Å². The van der Waals surface area contributed by atoms with Crippen LogP contribution in [0.2, 0.25) is 5.02 Å². The number of hydrogen-bond donors (Lipinski definition) is 2. The van der Waals surface area contributed by atoms with E-state index in [4.69, 9.17) is 16.7 Å². The van der Waals surface area contributed by atoms with E-state index in [0.717, 1.165) is 0 Å². The minimum Gasteiger partial charge on any atom is -0.506 e. The van der Waals surface area contributed by atoms with E-state index in [9.17, 15) is 13.5 Å². The fraction of sp³-hybridized carbons (Fsp3) is 0. The number of primary sulfonamides is 1. The van der Waals surface area contributed by atoms with Crippen molar-refractivity contribution in [3.05, 3.63) is 34.0 Å². The summed E-state index contributed by atoms with van der Waals surface area (Å²) in [5, 5.41) is 15.1. The molecule has 0 atom stereocenters. The lowest BCUT2D eigenvalue weighted by Crippen LogP contribution is -2.14. The van der Waals surface area contributed by atoms with Crippen molar-refractivity contribution in [1.29, 1.82) is 0 Å². The monoisotopic (exact) mass is 363 g/mol. The van der Waals surface area contributed by atoms with Gasteiger partial charge in [-0.2, -0.15) is 0 Å². The van der Waals surface area contributed by atoms with Gasteiger partial charge >= 0.3 is 0 Å². The summed E-state index contributed by atoms with van der Waals surface area (Å²) in [6.07, 6.45) is 2.65. The van der Waals surface area contributed by atoms with E-state index < -0.39 is 10.0 Å². The van der Waals surface area contributed by atoms with E-state index in [-0.39, 0.29) is 27.1 Å². The lowest BCUT2D eigenvalue weighted by atomic mass is 10.2. The first-order chi connectivity index (χ1) is 8.79. The molecule has 0 fully saturated rings. The molecule has 100 valence electrons. The predicted octanol–water partition coefficient (Wildman–Crippen LogP) is 1.91. The van der Waals surface area contributed by atoms with Gasteiger partial charge in [-0.3, -0.25) is 4.98 Å². The van der Waals surface area contributed by atoms with Crippen LogP contribution in [-0.2, 0) is 10.0 Å². The Kier molecular flexibility index (Phi) is 3.77. The number of halogens is 2. The molecule has 2 aromatic rings. The Bertz CT molecular complexity index is 752. The van der Waals surface area contributed by atoms with Crippen LogP contribution in [0.3, 0.4) is 0 Å². The zero-order chi connectivity index (χ0) is 14.2. The second kappa shape index (κ2) is 5.04. The molecule has 0 radical (unpaired) electrons. The average molecular weight is 365 g/mol. The molecule has 0 amide bonds. The summed E-state index contributed by atoms with van der Waals surface area (Å²) < 4.78 is 23.5. The van der Waals surface area contributed by atoms with Gasteiger partial charge in [0, 0.05) is 22.9 Å². The van der Waals surface area contributed by atoms with Gasteiger partial charge in [0.25, 0.3) is 0 Å². The number of pyridine rings is 2. The van der Waals surface area contributed by atoms with Gasteiger partial charge in [-0.25, -0.2) is 18.5 Å². The van der Waals surface area contributed by atoms with Crippen molar-refractivity contribution in [3.63, 3.8) is 0 Å². The Morgan fingerprint density at radius 3 is 2.42 bits per heavy atom. The highest BCUT2D eigenvalue weighted by molar-refractivity contribution is 9.10. The fourth-order valence-electron chi connectivity index (χ4n) is 1.43. The Morgan fingerprint density at radius 1 is 1.21 bits per heavy atom. The molecule has 0 unspecified atom stereocenters. The van der Waals surface area contributed by atoms with Crippen molar-refractivity contribution in [2.24, 2.45) is 5.14 Å². The number of aromatic hydroxyl groups is 1. The van der Waals surface area contributed by atoms with Crippen molar-refractivity contribution in [2.45, 2.75) is 4.90 Å². The highest BCUT2D eigenvalue weighted by Crippen LogP contribution is 2.32. The van der Waals surface area contributed by atoms with E-state index in [1.165, 1.54) is 24.5 Å². The van der Waals surface area contributed by atoms with Crippen LogP contribution < -0.4 is 5.14 Å². The topological polar surface area (TPSA) is 106 Å². The highest BCUT2D eigenvalue weighted by atomic mass is 79.9. The Labute approximate surface area is 122 Å². The molecule has 2 rings (SSSR count). The Balaban J connectivity index is 2.76. The van der Waals surface area contributed by atoms with Crippen molar-refractivity contribution >= 4 is 37.6 Å². The number of hydrogen-bond acceptors (Lipinski definition) is 5. The first-order valence-corrected chi connectivity index (χ1v) is 7.54. The zero-order valence-electron chi connectivity index (χ0n) is 9.21. The van der Waals surface area contributed by atoms with Crippen molar-refractivity contribution in [3.8, 4) is 17.1 Å². The highest BCUT2D eigenvalue weighted by Gasteiger charge is 2.20. The van der Waals surface area contributed by atoms with Crippen LogP contribution in [0, 0.1) is 0 Å². The van der Waals surface area contributed by atoms with Gasteiger partial charge < -0.3 is 5.11 Å². The normalized spacial score (nSPS) is 11.5. The quantitative estimate of drug-likeness (QED) is 0.846. The standard InChI is InChI=1S/C10H7BrClN3O3S/c11-5-1-8(19(13,17)18)10(14-3-5)9-7(16)2-6(12)4-15-9/h1-4,16H,(H2,13,17,18). The zero-order valence-corrected chi connectivity index (χ0v) is 12.4. The second-order valence-corrected chi connectivity index (χ2v) is 6.45. The van der Waals surface area contributed by atoms with Crippen molar-refractivity contribution in [1.82, 2.24) is 9.97 Å². The van der Waals surface area contributed by atoms with Gasteiger partial charge in [-0.05, 0) is 22.0 Å². The average Bonchev–Trinajstić information content (AvgIpc) is 2.28. The van der Waals surface area contributed by atoms with E-state index in [1.54, 1.807) is 0 Å². The van der Waals surface area contributed by atoms with Crippen LogP contribution in [-0.4, -0.2) is 23.5 Å². The van der Waals surface area contributed by atoms with Crippen LogP contribution >= 0.6 is 27.5 Å². The maximum absolute atomic E-state index is 11.5. The minimum absolute atomic E-state index is 0.0130. The summed E-state index contributed by atoms with van der Waals surface area (Å²) in [6.45, 7) is 0. The molecule has 19 heavy (non-hydrogen) atoms. The van der Waals surface area contributed by atoms with Gasteiger partial charge in [-0.1, -0.05) is 11.6 Å². The number of nitrogens with zero attached hydrogens (tertiary/aromatic N) is 2. The third-order valence-electron chi connectivity index (χ3n) is 2.18. The van der Waals surface area contributed by atoms with Crippen LogP contribution in [0.5, 0.6) is 5.75 Å². The maximum Gasteiger partial charge on any atom is 0.240 e. The summed E-state index contributed by atoms with van der Waals surface area (Å²) in [6, 6.07) is 2.52. The third-order valence-corrected chi connectivity index (χ3v) is 3.75. The lowest BCUT2D eigenvalue weighted by Gasteiger charge is -2.08. The van der Waals surface area contributed by atoms with Gasteiger partial charge in [0.2, 0.25) is 10.0 Å². The molecular formula is C10H7BrClN3O3S. The minimum atomic E-state index is -4.01. The first kappa shape index (κ1) is 14.2. The number of sulfonamides is 1. The molecule has 2 aromatic heterocycles. The molecule has 3 N–H and O–H groups in total. The lowest BCUT2D eigenvalue weighted by molar-refractivity contribution is 0.474. The largest absolute Gasteiger partial charge is 0.506 e. The van der Waals surface area contributed by atoms with E-state index in [0.29, 0.717) is 4.47 Å². The number of rotatable bonds is 2. The van der Waals surface area contributed by atoms with E-state index in [2.05, 4.69) is 25.9 Å². The summed E-state index contributed by atoms with van der Waals surface area (Å²) >= 11 is 8.77. The Hall–Kier alpha value is -1.22. The fourth-order valence-corrected chi connectivity index (χ4v) is 2.77. The molecule has 0 aliphatic heterocycles. The van der Waals surface area contributed by atoms with Gasteiger partial charge in [0.15, 0.2) is 0 Å². The second-order valence-electron chi connectivity index (χ2n) is 3.57. The Morgan fingerprint density at radius 2 is 1.84 bits per heavy atom. The molecule has 0 spiro atoms. The summed E-state index contributed by atoms with van der Waals surface area (Å²) in [7, 11) is -4.01. The third kappa shape index (κ3) is 3.03. The molecule has 0 aromatic carbocycles. The van der Waals surface area contributed by atoms with E-state index >= 15 is 0 Å².